The molecule has 1 atom stereocenters. The van der Waals surface area contributed by atoms with Crippen molar-refractivity contribution >= 4 is 11.6 Å². The maximum Gasteiger partial charge on any atom is 0.231 e. The molecule has 3 aliphatic heterocycles. The molecule has 8 nitrogen and oxygen atoms in total. The summed E-state index contributed by atoms with van der Waals surface area (Å²) in [6.45, 7) is 3.31. The van der Waals surface area contributed by atoms with E-state index in [-0.39, 0.29) is 6.79 Å². The molecule has 0 saturated carbocycles. The molecule has 1 unspecified atom stereocenters. The van der Waals surface area contributed by atoms with Crippen molar-refractivity contribution < 1.29 is 14.6 Å². The summed E-state index contributed by atoms with van der Waals surface area (Å²) in [6, 6.07) is 14.0. The molecule has 31 heavy (non-hydrogen) atoms. The van der Waals surface area contributed by atoms with Crippen LogP contribution < -0.4 is 14.8 Å². The Kier molecular flexibility index (Phi) is 5.37. The summed E-state index contributed by atoms with van der Waals surface area (Å²) in [7, 11) is 0. The summed E-state index contributed by atoms with van der Waals surface area (Å²) in [5, 5.41) is 23.2. The van der Waals surface area contributed by atoms with Crippen LogP contribution in [0.25, 0.3) is 0 Å². The fraction of sp³-hybridized carbons (Fsp3) is 0.391. The van der Waals surface area contributed by atoms with Crippen LogP contribution >= 0.6 is 0 Å². The zero-order valence-electron chi connectivity index (χ0n) is 17.2. The number of nitriles is 1. The van der Waals surface area contributed by atoms with Crippen molar-refractivity contribution in [2.24, 2.45) is 4.99 Å². The third-order valence-electron chi connectivity index (χ3n) is 6.24. The maximum atomic E-state index is 10.7. The van der Waals surface area contributed by atoms with Gasteiger partial charge in [0.15, 0.2) is 11.5 Å². The first-order valence-electron chi connectivity index (χ1n) is 10.6. The molecule has 0 spiro atoms. The van der Waals surface area contributed by atoms with E-state index < -0.39 is 6.10 Å². The van der Waals surface area contributed by atoms with Gasteiger partial charge < -0.3 is 29.7 Å². The van der Waals surface area contributed by atoms with Gasteiger partial charge in [-0.3, -0.25) is 0 Å². The van der Waals surface area contributed by atoms with Crippen LogP contribution in [0.1, 0.15) is 30.1 Å². The highest BCUT2D eigenvalue weighted by Crippen LogP contribution is 2.34. The SMILES string of the molecule is N#CN=C1Nc2ccccc2CN1C1CCN(CC(O)c2ccc3c(c2)OCO3)CC1. The van der Waals surface area contributed by atoms with Crippen LogP contribution in [-0.2, 0) is 6.54 Å². The molecule has 0 aromatic heterocycles. The van der Waals surface area contributed by atoms with Crippen molar-refractivity contribution in [2.75, 3.05) is 31.7 Å². The molecule has 2 aromatic rings. The highest BCUT2D eigenvalue weighted by atomic mass is 16.7. The van der Waals surface area contributed by atoms with Gasteiger partial charge in [-0.15, -0.1) is 4.99 Å². The first kappa shape index (κ1) is 19.7. The number of fused-ring (bicyclic) bond motifs is 2. The predicted octanol–water partition coefficient (Wildman–Crippen LogP) is 2.68. The lowest BCUT2D eigenvalue weighted by Crippen LogP contribution is -2.51. The lowest BCUT2D eigenvalue weighted by molar-refractivity contribution is 0.0811. The number of benzene rings is 2. The van der Waals surface area contributed by atoms with Gasteiger partial charge in [0.05, 0.1) is 6.10 Å². The number of rotatable bonds is 4. The second-order valence-corrected chi connectivity index (χ2v) is 8.11. The zero-order valence-corrected chi connectivity index (χ0v) is 17.2. The number of nitrogens with zero attached hydrogens (tertiary/aromatic N) is 4. The van der Waals surface area contributed by atoms with E-state index >= 15 is 0 Å². The van der Waals surface area contributed by atoms with Gasteiger partial charge in [-0.1, -0.05) is 24.3 Å². The van der Waals surface area contributed by atoms with Crippen molar-refractivity contribution in [1.29, 1.82) is 5.26 Å². The Hall–Kier alpha value is -3.28. The second-order valence-electron chi connectivity index (χ2n) is 8.11. The summed E-state index contributed by atoms with van der Waals surface area (Å²) in [5.41, 5.74) is 3.06. The molecule has 3 aliphatic rings. The molecule has 0 bridgehead atoms. The Morgan fingerprint density at radius 3 is 2.81 bits per heavy atom. The number of ether oxygens (including phenoxy) is 2. The summed E-state index contributed by atoms with van der Waals surface area (Å²) < 4.78 is 10.8. The van der Waals surface area contributed by atoms with E-state index in [1.807, 2.05) is 42.6 Å². The van der Waals surface area contributed by atoms with Crippen LogP contribution in [-0.4, -0.2) is 53.3 Å². The number of hydrogen-bond donors (Lipinski definition) is 2. The summed E-state index contributed by atoms with van der Waals surface area (Å²) in [5.74, 6) is 2.04. The third kappa shape index (κ3) is 4.02. The van der Waals surface area contributed by atoms with Gasteiger partial charge in [0, 0.05) is 37.9 Å². The minimum absolute atomic E-state index is 0.231. The minimum Gasteiger partial charge on any atom is -0.454 e. The average molecular weight is 419 g/mol. The first-order chi connectivity index (χ1) is 15.2. The van der Waals surface area contributed by atoms with Crippen molar-refractivity contribution in [3.8, 4) is 17.7 Å². The van der Waals surface area contributed by atoms with E-state index in [2.05, 4.69) is 26.2 Å². The van der Waals surface area contributed by atoms with Crippen molar-refractivity contribution in [2.45, 2.75) is 31.5 Å². The topological polar surface area (TPSA) is 93.4 Å². The molecule has 5 rings (SSSR count). The number of β-amino-alcohol motifs (C(OH)–C–C–N with tert-alkyl or cyclic N) is 1. The van der Waals surface area contributed by atoms with Gasteiger partial charge in [-0.25, -0.2) is 0 Å². The number of hydrogen-bond acceptors (Lipinski definition) is 6. The fourth-order valence-corrected chi connectivity index (χ4v) is 4.56. The van der Waals surface area contributed by atoms with Crippen LogP contribution in [0.5, 0.6) is 11.5 Å². The minimum atomic E-state index is -0.578. The highest BCUT2D eigenvalue weighted by Gasteiger charge is 2.31. The molecule has 0 radical (unpaired) electrons. The predicted molar refractivity (Wildman–Crippen MR) is 116 cm³/mol. The third-order valence-corrected chi connectivity index (χ3v) is 6.24. The molecule has 1 fully saturated rings. The van der Waals surface area contributed by atoms with Gasteiger partial charge >= 0.3 is 0 Å². The normalized spacial score (nSPS) is 20.8. The molecule has 160 valence electrons. The number of para-hydroxylation sites is 1. The standard InChI is InChI=1S/C23H25N5O3/c24-14-25-23-26-19-4-2-1-3-17(19)12-28(23)18-7-9-27(10-8-18)13-20(29)16-5-6-21-22(11-16)31-15-30-21/h1-6,11,18,20,29H,7-10,12-13,15H2,(H,25,26). The molecule has 8 heteroatoms. The number of likely N-dealkylation sites (tertiary alicyclic amines) is 1. The van der Waals surface area contributed by atoms with E-state index in [4.69, 9.17) is 14.7 Å². The zero-order chi connectivity index (χ0) is 21.2. The van der Waals surface area contributed by atoms with Gasteiger partial charge in [-0.05, 0) is 42.2 Å². The van der Waals surface area contributed by atoms with Gasteiger partial charge in [0.2, 0.25) is 18.9 Å². The van der Waals surface area contributed by atoms with Gasteiger partial charge in [-0.2, -0.15) is 5.26 Å². The molecule has 2 N–H and O–H groups in total. The monoisotopic (exact) mass is 419 g/mol. The van der Waals surface area contributed by atoms with E-state index in [0.29, 0.717) is 24.3 Å². The summed E-state index contributed by atoms with van der Waals surface area (Å²) in [4.78, 5) is 8.53. The Bertz CT molecular complexity index is 1030. The average Bonchev–Trinajstić information content (AvgIpc) is 3.27. The number of guanidine groups is 1. The molecule has 1 saturated heterocycles. The fourth-order valence-electron chi connectivity index (χ4n) is 4.56. The van der Waals surface area contributed by atoms with Crippen LogP contribution in [0.3, 0.4) is 0 Å². The van der Waals surface area contributed by atoms with E-state index in [9.17, 15) is 5.11 Å². The Balaban J connectivity index is 1.21. The van der Waals surface area contributed by atoms with Crippen LogP contribution in [0, 0.1) is 11.5 Å². The Morgan fingerprint density at radius 2 is 1.97 bits per heavy atom. The Labute approximate surface area is 181 Å². The van der Waals surface area contributed by atoms with Gasteiger partial charge in [0.1, 0.15) is 0 Å². The highest BCUT2D eigenvalue weighted by molar-refractivity contribution is 5.97. The second kappa shape index (κ2) is 8.46. The number of anilines is 1. The number of aliphatic hydroxyl groups excluding tert-OH is 1. The molecule has 0 aliphatic carbocycles. The number of aliphatic imine (C=N–C) groups is 1. The van der Waals surface area contributed by atoms with E-state index in [0.717, 1.165) is 49.5 Å². The van der Waals surface area contributed by atoms with Crippen LogP contribution in [0.2, 0.25) is 0 Å². The van der Waals surface area contributed by atoms with Crippen molar-refractivity contribution in [3.05, 3.63) is 53.6 Å². The Morgan fingerprint density at radius 1 is 1.16 bits per heavy atom. The molecule has 3 heterocycles. The molecular formula is C23H25N5O3. The number of piperidine rings is 1. The van der Waals surface area contributed by atoms with Gasteiger partial charge in [0.25, 0.3) is 0 Å². The van der Waals surface area contributed by atoms with E-state index in [1.54, 1.807) is 0 Å². The quantitative estimate of drug-likeness (QED) is 0.736. The summed E-state index contributed by atoms with van der Waals surface area (Å²) in [6.07, 6.45) is 3.24. The van der Waals surface area contributed by atoms with Crippen molar-refractivity contribution in [1.82, 2.24) is 9.80 Å². The summed E-state index contributed by atoms with van der Waals surface area (Å²) >= 11 is 0. The lowest BCUT2D eigenvalue weighted by atomic mass is 9.99. The largest absolute Gasteiger partial charge is 0.454 e. The maximum absolute atomic E-state index is 10.7. The number of aliphatic hydroxyl groups is 1. The number of nitrogens with one attached hydrogen (secondary N) is 1. The van der Waals surface area contributed by atoms with E-state index in [1.165, 1.54) is 5.56 Å². The lowest BCUT2D eigenvalue weighted by Gasteiger charge is -2.42. The first-order valence-corrected chi connectivity index (χ1v) is 10.6. The van der Waals surface area contributed by atoms with Crippen LogP contribution in [0.4, 0.5) is 5.69 Å². The molecule has 0 amide bonds. The molecule has 2 aromatic carbocycles. The van der Waals surface area contributed by atoms with Crippen molar-refractivity contribution in [3.63, 3.8) is 0 Å². The van der Waals surface area contributed by atoms with Crippen LogP contribution in [0.15, 0.2) is 47.5 Å². The smallest absolute Gasteiger partial charge is 0.231 e. The molecular weight excluding hydrogens is 394 g/mol.